The fourth-order valence-corrected chi connectivity index (χ4v) is 3.88. The Bertz CT molecular complexity index is 488. The summed E-state index contributed by atoms with van der Waals surface area (Å²) < 4.78 is 0.487. The fraction of sp³-hybridized carbons (Fsp3) is 0.667. The average Bonchev–Trinajstić information content (AvgIpc) is 2.65. The van der Waals surface area contributed by atoms with Gasteiger partial charge in [-0.3, -0.25) is 14.5 Å². The Morgan fingerprint density at radius 3 is 2.48 bits per heavy atom. The van der Waals surface area contributed by atoms with Gasteiger partial charge in [0.15, 0.2) is 0 Å². The van der Waals surface area contributed by atoms with Crippen LogP contribution in [0.5, 0.6) is 0 Å². The Morgan fingerprint density at radius 1 is 1.29 bits per heavy atom. The van der Waals surface area contributed by atoms with Crippen molar-refractivity contribution in [2.45, 2.75) is 40.0 Å². The van der Waals surface area contributed by atoms with Crippen molar-refractivity contribution < 1.29 is 9.59 Å². The number of hydrogen-bond acceptors (Lipinski definition) is 4. The van der Waals surface area contributed by atoms with E-state index in [1.54, 1.807) is 0 Å². The molecule has 2 aliphatic heterocycles. The summed E-state index contributed by atoms with van der Waals surface area (Å²) in [5.41, 5.74) is -0.0828. The lowest BCUT2D eigenvalue weighted by Gasteiger charge is -2.28. The van der Waals surface area contributed by atoms with E-state index in [-0.39, 0.29) is 23.8 Å². The highest BCUT2D eigenvalue weighted by Gasteiger charge is 2.35. The molecule has 4 nitrogen and oxygen atoms in total. The molecule has 0 unspecified atom stereocenters. The van der Waals surface area contributed by atoms with Crippen molar-refractivity contribution in [3.05, 3.63) is 11.0 Å². The molecule has 2 saturated heterocycles. The van der Waals surface area contributed by atoms with Crippen molar-refractivity contribution in [3.63, 3.8) is 0 Å². The molecule has 0 N–H and O–H groups in total. The quantitative estimate of drug-likeness (QED) is 0.578. The molecule has 0 radical (unpaired) electrons. The molecule has 0 saturated carbocycles. The molecule has 2 rings (SSSR count). The van der Waals surface area contributed by atoms with Crippen LogP contribution in [0.1, 0.15) is 40.0 Å². The van der Waals surface area contributed by atoms with E-state index in [9.17, 15) is 9.59 Å². The Balaban J connectivity index is 2.03. The molecular formula is C15H22N2O2S2. The fourth-order valence-electron chi connectivity index (χ4n) is 2.41. The molecule has 0 atom stereocenters. The first kappa shape index (κ1) is 16.5. The molecule has 0 aromatic carbocycles. The van der Waals surface area contributed by atoms with Crippen LogP contribution in [0.2, 0.25) is 0 Å². The van der Waals surface area contributed by atoms with Gasteiger partial charge >= 0.3 is 0 Å². The Hall–Kier alpha value is -0.880. The summed E-state index contributed by atoms with van der Waals surface area (Å²) >= 11 is 6.56. The minimum Gasteiger partial charge on any atom is -0.341 e. The molecule has 0 aromatic heterocycles. The van der Waals surface area contributed by atoms with Crippen molar-refractivity contribution in [1.82, 2.24) is 9.80 Å². The highest BCUT2D eigenvalue weighted by atomic mass is 32.2. The second-order valence-corrected chi connectivity index (χ2v) is 8.25. The van der Waals surface area contributed by atoms with Crippen LogP contribution >= 0.6 is 24.0 Å². The van der Waals surface area contributed by atoms with Gasteiger partial charge in [0.05, 0.1) is 4.91 Å². The minimum absolute atomic E-state index is 0.00279. The zero-order chi connectivity index (χ0) is 15.6. The van der Waals surface area contributed by atoms with Crippen LogP contribution in [0, 0.1) is 5.41 Å². The molecule has 0 bridgehead atoms. The summed E-state index contributed by atoms with van der Waals surface area (Å²) in [7, 11) is 0. The van der Waals surface area contributed by atoms with Crippen LogP contribution in [-0.2, 0) is 9.59 Å². The van der Waals surface area contributed by atoms with Crippen LogP contribution in [0.4, 0.5) is 0 Å². The summed E-state index contributed by atoms with van der Waals surface area (Å²) in [4.78, 5) is 28.6. The maximum atomic E-state index is 12.4. The Morgan fingerprint density at radius 2 is 1.90 bits per heavy atom. The lowest BCUT2D eigenvalue weighted by Crippen LogP contribution is -2.44. The van der Waals surface area contributed by atoms with E-state index in [0.717, 1.165) is 25.9 Å². The molecule has 2 amide bonds. The summed E-state index contributed by atoms with van der Waals surface area (Å²) in [5.74, 6) is -0.131. The van der Waals surface area contributed by atoms with Crippen LogP contribution < -0.4 is 0 Å². The van der Waals surface area contributed by atoms with Crippen LogP contribution in [-0.4, -0.2) is 45.6 Å². The number of thiocarbonyl (C=S) groups is 1. The van der Waals surface area contributed by atoms with Crippen LogP contribution in [0.25, 0.3) is 0 Å². The SMILES string of the molecule is CC(C)(C)/C=C1\SC(=S)N(CC(=O)N2CCCCC2)C1=O. The van der Waals surface area contributed by atoms with E-state index < -0.39 is 0 Å². The number of amides is 2. The zero-order valence-corrected chi connectivity index (χ0v) is 14.5. The zero-order valence-electron chi connectivity index (χ0n) is 12.8. The van der Waals surface area contributed by atoms with Gasteiger partial charge in [-0.15, -0.1) is 0 Å². The Kier molecular flexibility index (Phi) is 5.09. The number of likely N-dealkylation sites (tertiary alicyclic amines) is 1. The molecule has 0 aromatic rings. The molecule has 116 valence electrons. The van der Waals surface area contributed by atoms with Gasteiger partial charge in [-0.05, 0) is 24.7 Å². The third kappa shape index (κ3) is 4.30. The van der Waals surface area contributed by atoms with Gasteiger partial charge in [0.1, 0.15) is 10.9 Å². The van der Waals surface area contributed by atoms with Crippen LogP contribution in [0.15, 0.2) is 11.0 Å². The molecular weight excluding hydrogens is 304 g/mol. The van der Waals surface area contributed by atoms with Gasteiger partial charge < -0.3 is 4.90 Å². The highest BCUT2D eigenvalue weighted by Crippen LogP contribution is 2.34. The minimum atomic E-state index is -0.134. The third-order valence-corrected chi connectivity index (χ3v) is 4.82. The molecule has 2 aliphatic rings. The number of piperidine rings is 1. The second-order valence-electron chi connectivity index (χ2n) is 6.58. The summed E-state index contributed by atoms with van der Waals surface area (Å²) in [6, 6.07) is 0. The van der Waals surface area contributed by atoms with E-state index in [0.29, 0.717) is 9.23 Å². The first-order valence-corrected chi connectivity index (χ1v) is 8.55. The van der Waals surface area contributed by atoms with Gasteiger partial charge in [-0.1, -0.05) is 50.8 Å². The first-order chi connectivity index (χ1) is 9.78. The maximum absolute atomic E-state index is 12.4. The number of carbonyl (C=O) groups excluding carboxylic acids is 2. The van der Waals surface area contributed by atoms with Gasteiger partial charge in [-0.25, -0.2) is 0 Å². The number of thioether (sulfide) groups is 1. The van der Waals surface area contributed by atoms with E-state index >= 15 is 0 Å². The molecule has 6 heteroatoms. The van der Waals surface area contributed by atoms with Crippen molar-refractivity contribution in [2.24, 2.45) is 5.41 Å². The summed E-state index contributed by atoms with van der Waals surface area (Å²) in [5, 5.41) is 0. The largest absolute Gasteiger partial charge is 0.341 e. The molecule has 2 heterocycles. The number of hydrogen-bond donors (Lipinski definition) is 0. The predicted molar refractivity (Wildman–Crippen MR) is 89.9 cm³/mol. The number of allylic oxidation sites excluding steroid dienone is 1. The van der Waals surface area contributed by atoms with Crippen LogP contribution in [0.3, 0.4) is 0 Å². The first-order valence-electron chi connectivity index (χ1n) is 7.32. The average molecular weight is 326 g/mol. The van der Waals surface area contributed by atoms with Crippen molar-refractivity contribution in [1.29, 1.82) is 0 Å². The van der Waals surface area contributed by atoms with Crippen molar-refractivity contribution >= 4 is 40.1 Å². The molecule has 21 heavy (non-hydrogen) atoms. The molecule has 0 aliphatic carbocycles. The topological polar surface area (TPSA) is 40.6 Å². The Labute approximate surface area is 135 Å². The van der Waals surface area contributed by atoms with E-state index in [1.807, 2.05) is 31.7 Å². The van der Waals surface area contributed by atoms with Gasteiger partial charge in [0.2, 0.25) is 5.91 Å². The standard InChI is InChI=1S/C15H22N2O2S2/c1-15(2,3)9-11-13(19)17(14(20)21-11)10-12(18)16-7-5-4-6-8-16/h9H,4-8,10H2,1-3H3/b11-9-. The van der Waals surface area contributed by atoms with Crippen molar-refractivity contribution in [2.75, 3.05) is 19.6 Å². The van der Waals surface area contributed by atoms with Gasteiger partial charge in [0.25, 0.3) is 5.91 Å². The van der Waals surface area contributed by atoms with E-state index in [2.05, 4.69) is 0 Å². The summed E-state index contributed by atoms with van der Waals surface area (Å²) in [6.45, 7) is 7.79. The monoisotopic (exact) mass is 326 g/mol. The maximum Gasteiger partial charge on any atom is 0.266 e. The van der Waals surface area contributed by atoms with E-state index in [4.69, 9.17) is 12.2 Å². The predicted octanol–water partition coefficient (Wildman–Crippen LogP) is 2.79. The van der Waals surface area contributed by atoms with Gasteiger partial charge in [0, 0.05) is 13.1 Å². The van der Waals surface area contributed by atoms with Crippen molar-refractivity contribution in [3.8, 4) is 0 Å². The lowest BCUT2D eigenvalue weighted by atomic mass is 9.96. The molecule has 2 fully saturated rings. The smallest absolute Gasteiger partial charge is 0.266 e. The normalized spacial score (nSPS) is 22.3. The third-order valence-electron chi connectivity index (χ3n) is 3.44. The second kappa shape index (κ2) is 6.48. The number of rotatable bonds is 2. The van der Waals surface area contributed by atoms with Gasteiger partial charge in [-0.2, -0.15) is 0 Å². The van der Waals surface area contributed by atoms with E-state index in [1.165, 1.54) is 23.1 Å². The molecule has 0 spiro atoms. The highest BCUT2D eigenvalue weighted by molar-refractivity contribution is 8.26. The number of carbonyl (C=O) groups is 2. The number of nitrogens with zero attached hydrogens (tertiary/aromatic N) is 2. The lowest BCUT2D eigenvalue weighted by molar-refractivity contribution is -0.136. The summed E-state index contributed by atoms with van der Waals surface area (Å²) in [6.07, 6.45) is 5.21.